The van der Waals surface area contributed by atoms with Crippen LogP contribution in [-0.2, 0) is 4.74 Å². The standard InChI is InChI=1S/C15H24N2O2/c1-7-12-11(3)17(9-8-13(12)10(2)16)14(18)19-15(4,5)6/h7,11H,1-2,8-9,16H2,3-6H3. The average molecular weight is 264 g/mol. The second-order valence-corrected chi connectivity index (χ2v) is 5.76. The van der Waals surface area contributed by atoms with E-state index in [0.717, 1.165) is 11.1 Å². The molecule has 1 unspecified atom stereocenters. The fourth-order valence-electron chi connectivity index (χ4n) is 2.20. The minimum Gasteiger partial charge on any atom is -0.444 e. The predicted molar refractivity (Wildman–Crippen MR) is 77.6 cm³/mol. The molecule has 19 heavy (non-hydrogen) atoms. The molecule has 1 aliphatic rings. The van der Waals surface area contributed by atoms with E-state index in [-0.39, 0.29) is 12.1 Å². The van der Waals surface area contributed by atoms with Crippen molar-refractivity contribution in [2.24, 2.45) is 5.73 Å². The maximum atomic E-state index is 12.2. The summed E-state index contributed by atoms with van der Waals surface area (Å²) in [6.45, 7) is 15.7. The first-order chi connectivity index (χ1) is 8.67. The highest BCUT2D eigenvalue weighted by Crippen LogP contribution is 2.28. The SMILES string of the molecule is C=CC1=C(C(=C)N)CCN(C(=O)OC(C)(C)C)C1C. The molecule has 4 heteroatoms. The van der Waals surface area contributed by atoms with Crippen LogP contribution in [0.5, 0.6) is 0 Å². The largest absolute Gasteiger partial charge is 0.444 e. The molecule has 0 aromatic carbocycles. The molecule has 1 heterocycles. The molecule has 1 rings (SSSR count). The van der Waals surface area contributed by atoms with Crippen molar-refractivity contribution in [1.82, 2.24) is 4.90 Å². The number of nitrogens with two attached hydrogens (primary N) is 1. The number of amides is 1. The van der Waals surface area contributed by atoms with Crippen molar-refractivity contribution < 1.29 is 9.53 Å². The van der Waals surface area contributed by atoms with Crippen LogP contribution in [0.2, 0.25) is 0 Å². The summed E-state index contributed by atoms with van der Waals surface area (Å²) in [5, 5.41) is 0. The van der Waals surface area contributed by atoms with E-state index in [1.54, 1.807) is 11.0 Å². The van der Waals surface area contributed by atoms with Crippen LogP contribution in [0.4, 0.5) is 4.79 Å². The summed E-state index contributed by atoms with van der Waals surface area (Å²) in [6, 6.07) is -0.101. The summed E-state index contributed by atoms with van der Waals surface area (Å²) >= 11 is 0. The normalized spacial score (nSPS) is 20.2. The summed E-state index contributed by atoms with van der Waals surface area (Å²) < 4.78 is 5.41. The minimum absolute atomic E-state index is 0.101. The zero-order valence-electron chi connectivity index (χ0n) is 12.3. The number of carbonyl (C=O) groups is 1. The number of hydrogen-bond acceptors (Lipinski definition) is 3. The van der Waals surface area contributed by atoms with Gasteiger partial charge < -0.3 is 15.4 Å². The second kappa shape index (κ2) is 5.51. The van der Waals surface area contributed by atoms with Crippen molar-refractivity contribution in [2.75, 3.05) is 6.54 Å². The van der Waals surface area contributed by atoms with E-state index in [0.29, 0.717) is 18.7 Å². The van der Waals surface area contributed by atoms with E-state index in [4.69, 9.17) is 10.5 Å². The van der Waals surface area contributed by atoms with Crippen molar-refractivity contribution in [3.63, 3.8) is 0 Å². The van der Waals surface area contributed by atoms with Gasteiger partial charge in [-0.05, 0) is 45.3 Å². The van der Waals surface area contributed by atoms with E-state index >= 15 is 0 Å². The van der Waals surface area contributed by atoms with Crippen molar-refractivity contribution in [1.29, 1.82) is 0 Å². The first-order valence-corrected chi connectivity index (χ1v) is 6.47. The number of rotatable bonds is 2. The minimum atomic E-state index is -0.493. The lowest BCUT2D eigenvalue weighted by Crippen LogP contribution is -2.46. The molecule has 0 saturated heterocycles. The van der Waals surface area contributed by atoms with Gasteiger partial charge in [-0.25, -0.2) is 4.79 Å². The molecule has 0 aromatic heterocycles. The molecule has 106 valence electrons. The Morgan fingerprint density at radius 1 is 1.53 bits per heavy atom. The van der Waals surface area contributed by atoms with Crippen LogP contribution < -0.4 is 5.73 Å². The molecule has 4 nitrogen and oxygen atoms in total. The highest BCUT2D eigenvalue weighted by atomic mass is 16.6. The highest BCUT2D eigenvalue weighted by molar-refractivity contribution is 5.70. The topological polar surface area (TPSA) is 55.6 Å². The van der Waals surface area contributed by atoms with E-state index in [1.165, 1.54) is 0 Å². The van der Waals surface area contributed by atoms with Crippen LogP contribution in [0.25, 0.3) is 0 Å². The number of allylic oxidation sites excluding steroid dienone is 1. The van der Waals surface area contributed by atoms with Gasteiger partial charge in [-0.3, -0.25) is 0 Å². The van der Waals surface area contributed by atoms with Crippen LogP contribution in [-0.4, -0.2) is 29.2 Å². The Balaban J connectivity index is 2.96. The van der Waals surface area contributed by atoms with Crippen molar-refractivity contribution >= 4 is 6.09 Å². The summed E-state index contributed by atoms with van der Waals surface area (Å²) in [6.07, 6.45) is 2.12. The number of hydrogen-bond donors (Lipinski definition) is 1. The van der Waals surface area contributed by atoms with Gasteiger partial charge in [-0.1, -0.05) is 19.2 Å². The van der Waals surface area contributed by atoms with Gasteiger partial charge >= 0.3 is 6.09 Å². The monoisotopic (exact) mass is 264 g/mol. The van der Waals surface area contributed by atoms with Crippen LogP contribution in [0.15, 0.2) is 36.1 Å². The number of carbonyl (C=O) groups excluding carboxylic acids is 1. The Kier molecular flexibility index (Phi) is 4.45. The number of nitrogens with zero attached hydrogens (tertiary/aromatic N) is 1. The first-order valence-electron chi connectivity index (χ1n) is 6.47. The molecule has 0 saturated carbocycles. The highest BCUT2D eigenvalue weighted by Gasteiger charge is 2.31. The van der Waals surface area contributed by atoms with Crippen LogP contribution in [0.1, 0.15) is 34.1 Å². The van der Waals surface area contributed by atoms with Gasteiger partial charge in [0.25, 0.3) is 0 Å². The van der Waals surface area contributed by atoms with Gasteiger partial charge in [0.15, 0.2) is 0 Å². The fraction of sp³-hybridized carbons (Fsp3) is 0.533. The molecule has 1 aliphatic heterocycles. The first kappa shape index (κ1) is 15.3. The predicted octanol–water partition coefficient (Wildman–Crippen LogP) is 2.97. The second-order valence-electron chi connectivity index (χ2n) is 5.76. The molecular formula is C15H24N2O2. The van der Waals surface area contributed by atoms with Gasteiger partial charge in [0, 0.05) is 12.2 Å². The van der Waals surface area contributed by atoms with Gasteiger partial charge in [0.05, 0.1) is 6.04 Å². The van der Waals surface area contributed by atoms with Crippen LogP contribution in [0, 0.1) is 0 Å². The van der Waals surface area contributed by atoms with Gasteiger partial charge in [0.1, 0.15) is 5.60 Å². The van der Waals surface area contributed by atoms with Gasteiger partial charge in [-0.2, -0.15) is 0 Å². The molecule has 0 aliphatic carbocycles. The molecule has 1 amide bonds. The third-order valence-corrected chi connectivity index (χ3v) is 3.10. The molecule has 0 aromatic rings. The molecule has 0 bridgehead atoms. The van der Waals surface area contributed by atoms with E-state index < -0.39 is 5.60 Å². The molecule has 2 N–H and O–H groups in total. The summed E-state index contributed by atoms with van der Waals surface area (Å²) in [5.41, 5.74) is 7.77. The lowest BCUT2D eigenvalue weighted by atomic mass is 9.92. The third kappa shape index (κ3) is 3.63. The maximum Gasteiger partial charge on any atom is 0.410 e. The quantitative estimate of drug-likeness (QED) is 0.834. The number of ether oxygens (including phenoxy) is 1. The van der Waals surface area contributed by atoms with E-state index in [2.05, 4.69) is 13.2 Å². The molecular weight excluding hydrogens is 240 g/mol. The summed E-state index contributed by atoms with van der Waals surface area (Å²) in [4.78, 5) is 13.9. The molecule has 0 fully saturated rings. The van der Waals surface area contributed by atoms with Crippen LogP contribution >= 0.6 is 0 Å². The van der Waals surface area contributed by atoms with Crippen LogP contribution in [0.3, 0.4) is 0 Å². The smallest absolute Gasteiger partial charge is 0.410 e. The fourth-order valence-corrected chi connectivity index (χ4v) is 2.20. The lowest BCUT2D eigenvalue weighted by molar-refractivity contribution is 0.0196. The van der Waals surface area contributed by atoms with Gasteiger partial charge in [-0.15, -0.1) is 0 Å². The Morgan fingerprint density at radius 2 is 2.11 bits per heavy atom. The average Bonchev–Trinajstić information content (AvgIpc) is 2.25. The third-order valence-electron chi connectivity index (χ3n) is 3.10. The Bertz CT molecular complexity index is 430. The van der Waals surface area contributed by atoms with E-state index in [9.17, 15) is 4.79 Å². The van der Waals surface area contributed by atoms with Crippen molar-refractivity contribution in [3.05, 3.63) is 36.1 Å². The molecule has 0 radical (unpaired) electrons. The zero-order valence-corrected chi connectivity index (χ0v) is 12.3. The van der Waals surface area contributed by atoms with E-state index in [1.807, 2.05) is 27.7 Å². The summed E-state index contributed by atoms with van der Waals surface area (Å²) in [7, 11) is 0. The van der Waals surface area contributed by atoms with Crippen molar-refractivity contribution in [2.45, 2.75) is 45.8 Å². The molecule has 1 atom stereocenters. The summed E-state index contributed by atoms with van der Waals surface area (Å²) in [5.74, 6) is 0. The molecule has 0 spiro atoms. The lowest BCUT2D eigenvalue weighted by Gasteiger charge is -2.37. The Labute approximate surface area is 115 Å². The Morgan fingerprint density at radius 3 is 2.53 bits per heavy atom. The Hall–Kier alpha value is -1.71. The van der Waals surface area contributed by atoms with Crippen molar-refractivity contribution in [3.8, 4) is 0 Å². The zero-order chi connectivity index (χ0) is 14.8. The van der Waals surface area contributed by atoms with Gasteiger partial charge in [0.2, 0.25) is 0 Å². The maximum absolute atomic E-state index is 12.2.